The first-order valence-electron chi connectivity index (χ1n) is 12.4. The topological polar surface area (TPSA) is 136 Å². The molecule has 1 saturated heterocycles. The van der Waals surface area contributed by atoms with E-state index < -0.39 is 17.5 Å². The minimum atomic E-state index is -0.697. The Morgan fingerprint density at radius 2 is 1.87 bits per heavy atom. The summed E-state index contributed by atoms with van der Waals surface area (Å²) in [6, 6.07) is 8.67. The third kappa shape index (κ3) is 3.76. The molecule has 4 heterocycles. The largest absolute Gasteiger partial charge is 0.486 e. The number of halogens is 1. The molecule has 38 heavy (non-hydrogen) atoms. The van der Waals surface area contributed by atoms with Gasteiger partial charge in [0, 0.05) is 34.7 Å². The van der Waals surface area contributed by atoms with Gasteiger partial charge in [0.25, 0.3) is 5.91 Å². The molecule has 12 heteroatoms. The van der Waals surface area contributed by atoms with Gasteiger partial charge >= 0.3 is 6.01 Å². The highest BCUT2D eigenvalue weighted by Gasteiger charge is 2.48. The maximum absolute atomic E-state index is 13.3. The number of amides is 3. The Kier molecular flexibility index (Phi) is 5.12. The molecule has 11 nitrogen and oxygen atoms in total. The number of rotatable bonds is 5. The Labute approximate surface area is 221 Å². The van der Waals surface area contributed by atoms with Gasteiger partial charge in [-0.2, -0.15) is 0 Å². The fourth-order valence-electron chi connectivity index (χ4n) is 5.27. The summed E-state index contributed by atoms with van der Waals surface area (Å²) in [5.41, 5.74) is 2.18. The maximum atomic E-state index is 13.3. The summed E-state index contributed by atoms with van der Waals surface area (Å²) in [6.07, 6.45) is 2.06. The van der Waals surface area contributed by atoms with Crippen molar-refractivity contribution in [3.05, 3.63) is 52.0 Å². The molecule has 3 aliphatic heterocycles. The highest BCUT2D eigenvalue weighted by Crippen LogP contribution is 2.50. The molecule has 3 amide bonds. The molecule has 1 aliphatic carbocycles. The van der Waals surface area contributed by atoms with E-state index in [1.807, 2.05) is 24.3 Å². The van der Waals surface area contributed by atoms with Crippen LogP contribution < -0.4 is 20.1 Å². The van der Waals surface area contributed by atoms with E-state index in [1.165, 1.54) is 4.90 Å². The van der Waals surface area contributed by atoms with Gasteiger partial charge in [-0.05, 0) is 55.2 Å². The van der Waals surface area contributed by atoms with Gasteiger partial charge in [-0.1, -0.05) is 16.7 Å². The lowest BCUT2D eigenvalue weighted by atomic mass is 9.99. The molecule has 2 N–H and O–H groups in total. The van der Waals surface area contributed by atoms with E-state index >= 15 is 0 Å². The third-order valence-corrected chi connectivity index (χ3v) is 7.80. The maximum Gasteiger partial charge on any atom is 0.316 e. The lowest BCUT2D eigenvalue weighted by Crippen LogP contribution is -2.52. The van der Waals surface area contributed by atoms with E-state index in [9.17, 15) is 14.4 Å². The summed E-state index contributed by atoms with van der Waals surface area (Å²) in [5, 5.41) is 14.5. The van der Waals surface area contributed by atoms with Crippen LogP contribution in [-0.2, 0) is 21.7 Å². The monoisotopic (exact) mass is 535 g/mol. The molecule has 0 spiro atoms. The number of benzene rings is 2. The molecule has 1 atom stereocenters. The van der Waals surface area contributed by atoms with Crippen molar-refractivity contribution in [2.24, 2.45) is 0 Å². The molecular weight excluding hydrogens is 514 g/mol. The van der Waals surface area contributed by atoms with E-state index in [1.54, 1.807) is 6.07 Å². The van der Waals surface area contributed by atoms with Crippen molar-refractivity contribution in [2.45, 2.75) is 43.8 Å². The van der Waals surface area contributed by atoms with E-state index in [2.05, 4.69) is 20.8 Å². The second-order valence-corrected chi connectivity index (χ2v) is 10.3. The van der Waals surface area contributed by atoms with Gasteiger partial charge in [-0.15, -0.1) is 5.10 Å². The molecule has 1 saturated carbocycles. The Morgan fingerprint density at radius 3 is 2.66 bits per heavy atom. The van der Waals surface area contributed by atoms with Crippen molar-refractivity contribution < 1.29 is 28.3 Å². The molecule has 3 aromatic rings. The average molecular weight is 536 g/mol. The number of carbonyl (C=O) groups is 3. The van der Waals surface area contributed by atoms with Crippen LogP contribution in [0.15, 0.2) is 34.7 Å². The van der Waals surface area contributed by atoms with Gasteiger partial charge in [0.05, 0.1) is 5.54 Å². The molecular formula is C26H22ClN5O6. The zero-order valence-corrected chi connectivity index (χ0v) is 20.8. The number of aromatic nitrogens is 2. The van der Waals surface area contributed by atoms with Gasteiger partial charge in [0.2, 0.25) is 17.7 Å². The molecule has 194 valence electrons. The highest BCUT2D eigenvalue weighted by atomic mass is 35.5. The normalized spacial score (nSPS) is 21.2. The molecule has 7 rings (SSSR count). The minimum absolute atomic E-state index is 0.195. The highest BCUT2D eigenvalue weighted by molar-refractivity contribution is 6.32. The molecule has 2 aromatic carbocycles. The second kappa shape index (κ2) is 8.45. The van der Waals surface area contributed by atoms with Crippen LogP contribution in [0.25, 0.3) is 11.5 Å². The van der Waals surface area contributed by atoms with Crippen LogP contribution in [0.5, 0.6) is 11.5 Å². The average Bonchev–Trinajstić information content (AvgIpc) is 3.41. The fraction of sp³-hybridized carbons (Fsp3) is 0.346. The van der Waals surface area contributed by atoms with Crippen LogP contribution in [0.2, 0.25) is 5.02 Å². The third-order valence-electron chi connectivity index (χ3n) is 7.46. The Balaban J connectivity index is 1.12. The van der Waals surface area contributed by atoms with Crippen LogP contribution in [0.1, 0.15) is 47.2 Å². The summed E-state index contributed by atoms with van der Waals surface area (Å²) in [4.78, 5) is 38.7. The number of carbonyl (C=O) groups excluding carboxylic acids is 3. The lowest BCUT2D eigenvalue weighted by molar-refractivity contribution is -0.136. The van der Waals surface area contributed by atoms with Crippen molar-refractivity contribution in [3.8, 4) is 23.0 Å². The quantitative estimate of drug-likeness (QED) is 0.472. The van der Waals surface area contributed by atoms with E-state index in [-0.39, 0.29) is 30.8 Å². The first-order chi connectivity index (χ1) is 18.4. The second-order valence-electron chi connectivity index (χ2n) is 9.86. The van der Waals surface area contributed by atoms with Crippen LogP contribution in [0.3, 0.4) is 0 Å². The lowest BCUT2D eigenvalue weighted by Gasteiger charge is -2.29. The number of nitrogens with one attached hydrogen (secondary N) is 2. The smallest absolute Gasteiger partial charge is 0.316 e. The number of nitrogens with zero attached hydrogens (tertiary/aromatic N) is 3. The summed E-state index contributed by atoms with van der Waals surface area (Å²) < 4.78 is 17.1. The van der Waals surface area contributed by atoms with Crippen molar-refractivity contribution in [3.63, 3.8) is 0 Å². The first kappa shape index (κ1) is 23.0. The van der Waals surface area contributed by atoms with Crippen LogP contribution in [0.4, 0.5) is 6.01 Å². The number of hydrogen-bond donors (Lipinski definition) is 2. The molecule has 0 radical (unpaired) electrons. The standard InChI is InChI=1S/C26H22ClN5O6/c27-17-11-14(10-15-16(17)12-32(24(15)35)18-2-4-21(33)28-22(18)34)26(5-6-26)29-25-31-30-23(38-25)13-1-3-19-20(9-13)37-8-7-36-19/h1,3,9-11,18H,2,4-8,12H2,(H,29,31)(H,28,33,34). The summed E-state index contributed by atoms with van der Waals surface area (Å²) >= 11 is 6.65. The van der Waals surface area contributed by atoms with Crippen molar-refractivity contribution in [1.29, 1.82) is 0 Å². The predicted octanol–water partition coefficient (Wildman–Crippen LogP) is 3.02. The summed E-state index contributed by atoms with van der Waals surface area (Å²) in [5.74, 6) is 0.591. The van der Waals surface area contributed by atoms with E-state index in [0.29, 0.717) is 58.7 Å². The number of imide groups is 1. The number of piperidine rings is 1. The van der Waals surface area contributed by atoms with Crippen molar-refractivity contribution in [1.82, 2.24) is 20.4 Å². The van der Waals surface area contributed by atoms with Gasteiger partial charge in [-0.3, -0.25) is 19.7 Å². The van der Waals surface area contributed by atoms with E-state index in [0.717, 1.165) is 18.4 Å². The van der Waals surface area contributed by atoms with E-state index in [4.69, 9.17) is 25.5 Å². The summed E-state index contributed by atoms with van der Waals surface area (Å²) in [6.45, 7) is 1.21. The first-order valence-corrected chi connectivity index (χ1v) is 12.8. The zero-order valence-electron chi connectivity index (χ0n) is 20.1. The number of ether oxygens (including phenoxy) is 2. The summed E-state index contributed by atoms with van der Waals surface area (Å²) in [7, 11) is 0. The van der Waals surface area contributed by atoms with Gasteiger partial charge in [0.15, 0.2) is 11.5 Å². The van der Waals surface area contributed by atoms with Crippen molar-refractivity contribution >= 4 is 35.3 Å². The van der Waals surface area contributed by atoms with Crippen molar-refractivity contribution in [2.75, 3.05) is 18.5 Å². The van der Waals surface area contributed by atoms with Crippen LogP contribution >= 0.6 is 11.6 Å². The molecule has 2 fully saturated rings. The van der Waals surface area contributed by atoms with Gasteiger partial charge in [-0.25, -0.2) is 0 Å². The minimum Gasteiger partial charge on any atom is -0.486 e. The zero-order chi connectivity index (χ0) is 26.0. The molecule has 1 unspecified atom stereocenters. The fourth-order valence-corrected chi connectivity index (χ4v) is 5.55. The van der Waals surface area contributed by atoms with Gasteiger partial charge < -0.3 is 24.1 Å². The SMILES string of the molecule is O=C1CCC(N2Cc3c(Cl)cc(C4(Nc5nnc(-c6ccc7c(c6)OCCO7)o5)CC4)cc3C2=O)C(=O)N1. The predicted molar refractivity (Wildman–Crippen MR) is 133 cm³/mol. The Bertz CT molecular complexity index is 1520. The molecule has 0 bridgehead atoms. The number of anilines is 1. The number of fused-ring (bicyclic) bond motifs is 2. The van der Waals surface area contributed by atoms with Crippen LogP contribution in [-0.4, -0.2) is 52.1 Å². The van der Waals surface area contributed by atoms with Gasteiger partial charge in [0.1, 0.15) is 19.3 Å². The van der Waals surface area contributed by atoms with Crippen LogP contribution in [0, 0.1) is 0 Å². The molecule has 1 aromatic heterocycles. The molecule has 4 aliphatic rings. The Hall–Kier alpha value is -4.12. The number of hydrogen-bond acceptors (Lipinski definition) is 9. The Morgan fingerprint density at radius 1 is 1.05 bits per heavy atom.